The predicted molar refractivity (Wildman–Crippen MR) is 194 cm³/mol. The normalized spacial score (nSPS) is 12.4. The number of methoxy groups -OCH3 is 4. The largest absolute Gasteiger partial charge is 1.00 e. The van der Waals surface area contributed by atoms with Gasteiger partial charge in [0, 0.05) is 30.6 Å². The van der Waals surface area contributed by atoms with Crippen LogP contribution in [-0.4, -0.2) is 92.0 Å². The number of amides is 4. The Morgan fingerprint density at radius 3 is 1.40 bits per heavy atom. The molecule has 2 aliphatic rings. The van der Waals surface area contributed by atoms with Gasteiger partial charge in [-0.3, -0.25) is 29.0 Å². The number of aromatic hydroxyl groups is 1. The topological polar surface area (TPSA) is 141 Å². The van der Waals surface area contributed by atoms with Crippen LogP contribution < -0.4 is 53.2 Å². The molecule has 52 heavy (non-hydrogen) atoms. The molecule has 4 aromatic rings. The molecule has 0 saturated heterocycles. The molecule has 0 spiro atoms. The van der Waals surface area contributed by atoms with E-state index >= 15 is 0 Å². The van der Waals surface area contributed by atoms with Gasteiger partial charge in [0.1, 0.15) is 11.5 Å². The molecular weight excluding hydrogens is 747 g/mol. The van der Waals surface area contributed by atoms with E-state index < -0.39 is 0 Å². The fraction of sp³-hybridized carbons (Fsp3) is 0.263. The minimum atomic E-state index is -0.244. The van der Waals surface area contributed by atoms with Crippen LogP contribution in [0.4, 0.5) is 0 Å². The van der Waals surface area contributed by atoms with Crippen LogP contribution in [0.1, 0.15) is 55.7 Å². The second kappa shape index (κ2) is 20.5. The number of carbonyl (C=O) groups is 4. The molecule has 0 unspecified atom stereocenters. The fourth-order valence-electron chi connectivity index (χ4n) is 5.25. The predicted octanol–water partition coefficient (Wildman–Crippen LogP) is 3.36. The van der Waals surface area contributed by atoms with Gasteiger partial charge < -0.3 is 30.2 Å². The number of benzene rings is 4. The van der Waals surface area contributed by atoms with Crippen LogP contribution in [0.5, 0.6) is 34.5 Å². The van der Waals surface area contributed by atoms with Crippen molar-refractivity contribution in [2.75, 3.05) is 53.5 Å². The van der Waals surface area contributed by atoms with E-state index in [4.69, 9.17) is 28.8 Å². The van der Waals surface area contributed by atoms with E-state index in [2.05, 4.69) is 15.9 Å². The van der Waals surface area contributed by atoms with Crippen molar-refractivity contribution >= 4 is 39.6 Å². The van der Waals surface area contributed by atoms with Crippen LogP contribution in [0.25, 0.3) is 0 Å². The van der Waals surface area contributed by atoms with Gasteiger partial charge in [0.2, 0.25) is 0 Å². The first-order valence-electron chi connectivity index (χ1n) is 15.9. The van der Waals surface area contributed by atoms with Crippen LogP contribution in [0.15, 0.2) is 84.9 Å². The molecule has 270 valence electrons. The maximum atomic E-state index is 12.3. The van der Waals surface area contributed by atoms with Crippen molar-refractivity contribution in [3.05, 3.63) is 107 Å². The maximum absolute atomic E-state index is 12.3. The minimum absolute atomic E-state index is 0. The molecule has 0 aromatic heterocycles. The summed E-state index contributed by atoms with van der Waals surface area (Å²) in [6.07, 6.45) is 1.32. The molecule has 0 fully saturated rings. The summed E-state index contributed by atoms with van der Waals surface area (Å²) >= 11 is 3.28. The molecule has 2 aliphatic heterocycles. The summed E-state index contributed by atoms with van der Waals surface area (Å²) < 4.78 is 26.0. The van der Waals surface area contributed by atoms with Gasteiger partial charge in [0.25, 0.3) is 23.6 Å². The number of carbonyl (C=O) groups excluding carboxylic acids is 4. The van der Waals surface area contributed by atoms with Gasteiger partial charge in [-0.25, -0.2) is 0 Å². The summed E-state index contributed by atoms with van der Waals surface area (Å²) in [5.74, 6) is 2.34. The zero-order chi connectivity index (χ0) is 36.9. The second-order valence-corrected chi connectivity index (χ2v) is 11.7. The molecule has 4 aromatic carbocycles. The van der Waals surface area contributed by atoms with Crippen molar-refractivity contribution in [2.24, 2.45) is 0 Å². The summed E-state index contributed by atoms with van der Waals surface area (Å²) in [6, 6.07) is 23.8. The van der Waals surface area contributed by atoms with Gasteiger partial charge in [-0.15, -0.1) is 0 Å². The van der Waals surface area contributed by atoms with E-state index in [1.807, 2.05) is 0 Å². The number of halogens is 1. The molecule has 14 heteroatoms. The Balaban J connectivity index is 0.000000297. The molecule has 0 aliphatic carbocycles. The average Bonchev–Trinajstić information content (AvgIpc) is 3.55. The van der Waals surface area contributed by atoms with E-state index in [0.29, 0.717) is 77.1 Å². The Labute approximate surface area is 334 Å². The standard InChI is InChI=1S/C19H19NO5.C11H10BrNO2.C8H10O3.Na.H/c1-23-16-9-8-13(12-17(16)24-2)25-11-5-10-20-18(21)14-6-3-4-7-15(14)19(20)22;12-6-3-7-13-10(14)8-4-1-2-5-9(8)11(13)15;1-10-7-4-3-6(9)5-8(7)11-2;;/h3-4,6-9,12H,5,10-11H2,1-2H3;1-2,4-5H,3,6-7H2;3-5,9H,1-2H3;;/q;;;+1;-1. The van der Waals surface area contributed by atoms with Gasteiger partial charge in [-0.2, -0.15) is 0 Å². The summed E-state index contributed by atoms with van der Waals surface area (Å²) in [6.45, 7) is 1.18. The molecule has 12 nitrogen and oxygen atoms in total. The van der Waals surface area contributed by atoms with Crippen molar-refractivity contribution in [2.45, 2.75) is 12.8 Å². The van der Waals surface area contributed by atoms with Crippen LogP contribution in [0.2, 0.25) is 0 Å². The van der Waals surface area contributed by atoms with Crippen molar-refractivity contribution in [3.8, 4) is 34.5 Å². The quantitative estimate of drug-likeness (QED) is 0.0985. The molecule has 6 rings (SSSR count). The van der Waals surface area contributed by atoms with Crippen LogP contribution in [-0.2, 0) is 0 Å². The smallest absolute Gasteiger partial charge is 1.00 e. The van der Waals surface area contributed by atoms with Crippen LogP contribution in [0.3, 0.4) is 0 Å². The first kappa shape index (κ1) is 41.9. The van der Waals surface area contributed by atoms with Gasteiger partial charge >= 0.3 is 29.6 Å². The number of hydrogen-bond acceptors (Lipinski definition) is 10. The Bertz CT molecular complexity index is 1810. The SMILES string of the molecule is COc1ccc(O)cc1OC.COc1ccc(OCCCN2C(=O)c3ccccc3C2=O)cc1OC.O=C1c2ccccc2C(=O)N1CCCBr.[H-].[Na+]. The van der Waals surface area contributed by atoms with Gasteiger partial charge in [0.05, 0.1) is 57.3 Å². The van der Waals surface area contributed by atoms with Crippen molar-refractivity contribution < 1.29 is 79.0 Å². The van der Waals surface area contributed by atoms with Crippen molar-refractivity contribution in [1.29, 1.82) is 0 Å². The molecule has 2 heterocycles. The third kappa shape index (κ3) is 10.1. The summed E-state index contributed by atoms with van der Waals surface area (Å²) in [4.78, 5) is 50.7. The van der Waals surface area contributed by atoms with E-state index in [1.54, 1.807) is 100 Å². The zero-order valence-corrected chi connectivity index (χ0v) is 33.3. The number of ether oxygens (including phenoxy) is 5. The fourth-order valence-corrected chi connectivity index (χ4v) is 5.50. The number of hydrogen-bond donors (Lipinski definition) is 1. The number of phenols is 1. The Morgan fingerprint density at radius 1 is 0.577 bits per heavy atom. The monoisotopic (exact) mass is 786 g/mol. The first-order valence-corrected chi connectivity index (χ1v) is 17.0. The minimum Gasteiger partial charge on any atom is -1.00 e. The van der Waals surface area contributed by atoms with Crippen LogP contribution >= 0.6 is 15.9 Å². The average molecular weight is 788 g/mol. The molecule has 0 bridgehead atoms. The Morgan fingerprint density at radius 2 is 0.981 bits per heavy atom. The van der Waals surface area contributed by atoms with Gasteiger partial charge in [-0.05, 0) is 61.4 Å². The van der Waals surface area contributed by atoms with Crippen molar-refractivity contribution in [1.82, 2.24) is 9.80 Å². The zero-order valence-electron chi connectivity index (χ0n) is 30.7. The molecule has 1 N–H and O–H groups in total. The number of rotatable bonds is 12. The molecule has 0 radical (unpaired) electrons. The van der Waals surface area contributed by atoms with E-state index in [-0.39, 0.29) is 60.4 Å². The summed E-state index contributed by atoms with van der Waals surface area (Å²) in [5.41, 5.74) is 1.98. The van der Waals surface area contributed by atoms with Crippen molar-refractivity contribution in [3.63, 3.8) is 0 Å². The number of nitrogens with zero attached hydrogens (tertiary/aromatic N) is 2. The third-order valence-corrected chi connectivity index (χ3v) is 8.35. The summed E-state index contributed by atoms with van der Waals surface area (Å²) in [5, 5.41) is 9.82. The van der Waals surface area contributed by atoms with Crippen LogP contribution in [0, 0.1) is 0 Å². The van der Waals surface area contributed by atoms with E-state index in [0.717, 1.165) is 11.8 Å². The number of imide groups is 2. The molecule has 0 saturated carbocycles. The van der Waals surface area contributed by atoms with Gasteiger partial charge in [-0.1, -0.05) is 40.2 Å². The summed E-state index contributed by atoms with van der Waals surface area (Å²) in [7, 11) is 6.20. The maximum Gasteiger partial charge on any atom is 1.00 e. The Hall–Kier alpha value is -4.56. The molecule has 4 amide bonds. The van der Waals surface area contributed by atoms with Gasteiger partial charge in [0.15, 0.2) is 23.0 Å². The number of alkyl halides is 1. The Kier molecular flexibility index (Phi) is 16.5. The molecular formula is C38H40BrN2NaO10. The third-order valence-electron chi connectivity index (χ3n) is 7.79. The second-order valence-electron chi connectivity index (χ2n) is 10.9. The molecule has 0 atom stereocenters. The number of fused-ring (bicyclic) bond motifs is 2. The number of phenolic OH excluding ortho intramolecular Hbond substituents is 1. The van der Waals surface area contributed by atoms with E-state index in [1.165, 1.54) is 23.0 Å². The first-order chi connectivity index (χ1) is 24.7. The van der Waals surface area contributed by atoms with E-state index in [9.17, 15) is 19.2 Å².